The maximum atomic E-state index is 8.96. The number of nitriles is 1. The van der Waals surface area contributed by atoms with E-state index in [9.17, 15) is 0 Å². The van der Waals surface area contributed by atoms with Crippen LogP contribution >= 0.6 is 11.8 Å². The number of methoxy groups -OCH3 is 4. The first kappa shape index (κ1) is 28.3. The smallest absolute Gasteiger partial charge is 0.203 e. The van der Waals surface area contributed by atoms with E-state index in [1.807, 2.05) is 49.5 Å². The van der Waals surface area contributed by atoms with Gasteiger partial charge in [-0.15, -0.1) is 11.8 Å². The molecule has 3 aromatic rings. The van der Waals surface area contributed by atoms with Gasteiger partial charge in [-0.3, -0.25) is 0 Å². The van der Waals surface area contributed by atoms with E-state index in [1.165, 1.54) is 0 Å². The lowest BCUT2D eigenvalue weighted by atomic mass is 10.0. The quantitative estimate of drug-likeness (QED) is 0.203. The van der Waals surface area contributed by atoms with Crippen molar-refractivity contribution in [3.8, 4) is 34.8 Å². The van der Waals surface area contributed by atoms with Gasteiger partial charge >= 0.3 is 0 Å². The average Bonchev–Trinajstić information content (AvgIpc) is 3.49. The van der Waals surface area contributed by atoms with Crippen molar-refractivity contribution in [1.82, 2.24) is 0 Å². The molecule has 1 fully saturated rings. The number of nitrogens with one attached hydrogen (secondary N) is 1. The second kappa shape index (κ2) is 13.4. The normalized spacial score (nSPS) is 16.3. The molecule has 0 saturated carbocycles. The van der Waals surface area contributed by atoms with E-state index < -0.39 is 0 Å². The molecule has 0 spiro atoms. The third-order valence-corrected chi connectivity index (χ3v) is 7.57. The van der Waals surface area contributed by atoms with Crippen LogP contribution in [-0.4, -0.2) is 47.8 Å². The number of hydrogen-bond acceptors (Lipinski definition) is 9. The highest BCUT2D eigenvalue weighted by Crippen LogP contribution is 2.48. The first-order valence-corrected chi connectivity index (χ1v) is 13.6. The van der Waals surface area contributed by atoms with Crippen LogP contribution in [0.4, 0.5) is 5.69 Å². The summed E-state index contributed by atoms with van der Waals surface area (Å²) < 4.78 is 34.9. The van der Waals surface area contributed by atoms with E-state index in [2.05, 4.69) is 17.5 Å². The Morgan fingerprint density at radius 1 is 0.846 bits per heavy atom. The van der Waals surface area contributed by atoms with Crippen LogP contribution in [0.3, 0.4) is 0 Å². The molecule has 1 heterocycles. The van der Waals surface area contributed by atoms with Crippen LogP contribution in [0.15, 0.2) is 53.4 Å². The van der Waals surface area contributed by atoms with Gasteiger partial charge in [0.15, 0.2) is 23.0 Å². The molecule has 1 aliphatic heterocycles. The van der Waals surface area contributed by atoms with Crippen molar-refractivity contribution in [3.05, 3.63) is 65.2 Å². The van der Waals surface area contributed by atoms with Crippen molar-refractivity contribution < 1.29 is 28.4 Å². The molecule has 0 radical (unpaired) electrons. The second-order valence-electron chi connectivity index (χ2n) is 8.83. The Hall–Kier alpha value is -3.74. The molecule has 0 bridgehead atoms. The van der Waals surface area contributed by atoms with E-state index in [4.69, 9.17) is 33.7 Å². The molecular weight excluding hydrogens is 516 g/mol. The highest BCUT2D eigenvalue weighted by Gasteiger charge is 2.31. The number of hydrogen-bond donors (Lipinski definition) is 1. The molecule has 0 aromatic heterocycles. The van der Waals surface area contributed by atoms with Crippen molar-refractivity contribution in [3.63, 3.8) is 0 Å². The van der Waals surface area contributed by atoms with Gasteiger partial charge in [0.1, 0.15) is 0 Å². The van der Waals surface area contributed by atoms with E-state index in [1.54, 1.807) is 40.2 Å². The minimum atomic E-state index is -0.108. The Labute approximate surface area is 234 Å². The molecule has 1 N–H and O–H groups in total. The second-order valence-corrected chi connectivity index (χ2v) is 10.0. The zero-order valence-electron chi connectivity index (χ0n) is 22.9. The van der Waals surface area contributed by atoms with Crippen LogP contribution in [0.2, 0.25) is 0 Å². The molecule has 8 nitrogen and oxygen atoms in total. The molecule has 2 atom stereocenters. The van der Waals surface area contributed by atoms with Gasteiger partial charge < -0.3 is 33.7 Å². The number of ether oxygens (including phenoxy) is 6. The van der Waals surface area contributed by atoms with Gasteiger partial charge in [0, 0.05) is 17.7 Å². The van der Waals surface area contributed by atoms with Crippen molar-refractivity contribution in [2.45, 2.75) is 29.9 Å². The topological polar surface area (TPSA) is 91.2 Å². The van der Waals surface area contributed by atoms with Gasteiger partial charge in [-0.2, -0.15) is 5.26 Å². The minimum absolute atomic E-state index is 0.101. The van der Waals surface area contributed by atoms with Crippen molar-refractivity contribution in [2.24, 2.45) is 0 Å². The summed E-state index contributed by atoms with van der Waals surface area (Å²) in [6.45, 7) is 0.498. The summed E-state index contributed by atoms with van der Waals surface area (Å²) in [6, 6.07) is 17.6. The summed E-state index contributed by atoms with van der Waals surface area (Å²) in [7, 11) is 8.33. The van der Waals surface area contributed by atoms with E-state index >= 15 is 0 Å². The van der Waals surface area contributed by atoms with Gasteiger partial charge in [0.2, 0.25) is 5.75 Å². The Balaban J connectivity index is 1.45. The van der Waals surface area contributed by atoms with Crippen LogP contribution in [0, 0.1) is 11.3 Å². The van der Waals surface area contributed by atoms with Gasteiger partial charge in [-0.1, -0.05) is 0 Å². The summed E-state index contributed by atoms with van der Waals surface area (Å²) in [5.74, 6) is 3.85. The zero-order valence-corrected chi connectivity index (χ0v) is 23.7. The lowest BCUT2D eigenvalue weighted by Gasteiger charge is -2.20. The van der Waals surface area contributed by atoms with Gasteiger partial charge in [0.05, 0.1) is 64.6 Å². The number of rotatable bonds is 12. The maximum absolute atomic E-state index is 8.96. The third-order valence-electron chi connectivity index (χ3n) is 6.60. The van der Waals surface area contributed by atoms with Crippen LogP contribution in [0.5, 0.6) is 28.7 Å². The molecule has 2 unspecified atom stereocenters. The van der Waals surface area contributed by atoms with Gasteiger partial charge in [-0.05, 0) is 72.5 Å². The molecule has 4 rings (SSSR count). The fourth-order valence-electron chi connectivity index (χ4n) is 4.64. The summed E-state index contributed by atoms with van der Waals surface area (Å²) in [5, 5.41) is 12.2. The molecule has 1 aliphatic rings. The summed E-state index contributed by atoms with van der Waals surface area (Å²) >= 11 is 1.67. The lowest BCUT2D eigenvalue weighted by Crippen LogP contribution is -2.07. The highest BCUT2D eigenvalue weighted by atomic mass is 32.2. The molecule has 3 aromatic carbocycles. The molecule has 9 heteroatoms. The van der Waals surface area contributed by atoms with E-state index in [0.29, 0.717) is 40.9 Å². The molecule has 1 saturated heterocycles. The fraction of sp³-hybridized carbons (Fsp3) is 0.367. The fourth-order valence-corrected chi connectivity index (χ4v) is 5.37. The van der Waals surface area contributed by atoms with Crippen molar-refractivity contribution in [2.75, 3.05) is 53.2 Å². The zero-order chi connectivity index (χ0) is 27.8. The first-order valence-electron chi connectivity index (χ1n) is 12.7. The molecule has 0 aliphatic carbocycles. The van der Waals surface area contributed by atoms with E-state index in [0.717, 1.165) is 40.3 Å². The van der Waals surface area contributed by atoms with Crippen molar-refractivity contribution in [1.29, 1.82) is 5.26 Å². The Kier molecular flexibility index (Phi) is 9.69. The Morgan fingerprint density at radius 2 is 1.41 bits per heavy atom. The molecule has 39 heavy (non-hydrogen) atoms. The van der Waals surface area contributed by atoms with Crippen LogP contribution < -0.4 is 29.0 Å². The summed E-state index contributed by atoms with van der Waals surface area (Å²) in [6.07, 6.45) is 1.50. The van der Waals surface area contributed by atoms with Crippen molar-refractivity contribution >= 4 is 17.4 Å². The number of nitrogens with zero attached hydrogens (tertiary/aromatic N) is 1. The number of anilines is 1. The maximum Gasteiger partial charge on any atom is 0.203 e. The largest absolute Gasteiger partial charge is 0.493 e. The standard InChI is InChI=1S/C30H34N2O6S/c1-32-23-14-20(15-26(33-2)29(23)37-12-13-39-22-8-6-19(18-31)7-9-22)24-10-11-25(38-24)21-16-27(34-3)30(36-5)28(17-21)35-4/h6-9,14-17,24-25,32H,10-13H2,1-5H3. The van der Waals surface area contributed by atoms with Crippen LogP contribution in [-0.2, 0) is 4.74 Å². The number of benzene rings is 3. The van der Waals surface area contributed by atoms with Gasteiger partial charge in [-0.25, -0.2) is 0 Å². The summed E-state index contributed by atoms with van der Waals surface area (Å²) in [5.41, 5.74) is 3.49. The third kappa shape index (κ3) is 6.47. The highest BCUT2D eigenvalue weighted by molar-refractivity contribution is 7.99. The van der Waals surface area contributed by atoms with E-state index in [-0.39, 0.29) is 12.2 Å². The number of thioether (sulfide) groups is 1. The predicted octanol–water partition coefficient (Wildman–Crippen LogP) is 6.40. The molecule has 206 valence electrons. The Morgan fingerprint density at radius 3 is 1.92 bits per heavy atom. The van der Waals surface area contributed by atoms with Crippen LogP contribution in [0.1, 0.15) is 41.7 Å². The summed E-state index contributed by atoms with van der Waals surface area (Å²) in [4.78, 5) is 1.09. The minimum Gasteiger partial charge on any atom is -0.493 e. The van der Waals surface area contributed by atoms with Gasteiger partial charge in [0.25, 0.3) is 0 Å². The lowest BCUT2D eigenvalue weighted by molar-refractivity contribution is 0.0437. The monoisotopic (exact) mass is 550 g/mol. The molecular formula is C30H34N2O6S. The molecule has 0 amide bonds. The predicted molar refractivity (Wildman–Crippen MR) is 152 cm³/mol. The first-order chi connectivity index (χ1) is 19.0. The van der Waals surface area contributed by atoms with Crippen LogP contribution in [0.25, 0.3) is 0 Å². The average molecular weight is 551 g/mol. The SMILES string of the molecule is CNc1cc(C2CCC(c3cc(OC)c(OC)c(OC)c3)O2)cc(OC)c1OCCSc1ccc(C#N)cc1. The Bertz CT molecular complexity index is 1260.